The van der Waals surface area contributed by atoms with Crippen LogP contribution in [0.1, 0.15) is 40.7 Å². The summed E-state index contributed by atoms with van der Waals surface area (Å²) in [7, 11) is 1.62. The van der Waals surface area contributed by atoms with Crippen molar-refractivity contribution < 1.29 is 14.1 Å². The lowest BCUT2D eigenvalue weighted by atomic mass is 9.88. The topological polar surface area (TPSA) is 64.4 Å². The molecular formula is C17H20N2O3. The van der Waals surface area contributed by atoms with Crippen LogP contribution in [0.2, 0.25) is 0 Å². The highest BCUT2D eigenvalue weighted by atomic mass is 16.5. The van der Waals surface area contributed by atoms with Gasteiger partial charge in [-0.2, -0.15) is 0 Å². The summed E-state index contributed by atoms with van der Waals surface area (Å²) in [4.78, 5) is 12.4. The van der Waals surface area contributed by atoms with E-state index < -0.39 is 0 Å². The molecule has 0 aliphatic heterocycles. The van der Waals surface area contributed by atoms with E-state index >= 15 is 0 Å². The molecule has 0 unspecified atom stereocenters. The molecule has 3 rings (SSSR count). The molecule has 1 aromatic heterocycles. The number of hydrogen-bond acceptors (Lipinski definition) is 4. The maximum absolute atomic E-state index is 12.4. The first-order chi connectivity index (χ1) is 10.7. The van der Waals surface area contributed by atoms with Crippen LogP contribution in [0, 0.1) is 5.92 Å². The average Bonchev–Trinajstić information content (AvgIpc) is 2.95. The van der Waals surface area contributed by atoms with Crippen LogP contribution < -0.4 is 10.1 Å². The number of para-hydroxylation sites is 1. The Labute approximate surface area is 129 Å². The number of hydrogen-bond donors (Lipinski definition) is 1. The predicted octanol–water partition coefficient (Wildman–Crippen LogP) is 2.74. The van der Waals surface area contributed by atoms with Crippen molar-refractivity contribution in [1.29, 1.82) is 0 Å². The highest BCUT2D eigenvalue weighted by Gasteiger charge is 2.26. The largest absolute Gasteiger partial charge is 0.496 e. The number of methoxy groups -OCH3 is 1. The van der Waals surface area contributed by atoms with E-state index in [-0.39, 0.29) is 5.91 Å². The van der Waals surface area contributed by atoms with Gasteiger partial charge >= 0.3 is 0 Å². The lowest BCUT2D eigenvalue weighted by molar-refractivity contribution is 0.0940. The Hall–Kier alpha value is -2.30. The Balaban J connectivity index is 1.72. The number of fused-ring (bicyclic) bond motifs is 1. The maximum Gasteiger partial charge on any atom is 0.274 e. The predicted molar refractivity (Wildman–Crippen MR) is 81.9 cm³/mol. The minimum absolute atomic E-state index is 0.190. The molecule has 116 valence electrons. The number of aryl methyl sites for hydroxylation is 1. The molecule has 0 saturated carbocycles. The van der Waals surface area contributed by atoms with Gasteiger partial charge in [-0.1, -0.05) is 30.3 Å². The number of amides is 1. The zero-order valence-electron chi connectivity index (χ0n) is 12.9. The smallest absolute Gasteiger partial charge is 0.274 e. The molecule has 1 aliphatic carbocycles. The van der Waals surface area contributed by atoms with E-state index in [4.69, 9.17) is 9.26 Å². The number of ether oxygens (including phenoxy) is 1. The van der Waals surface area contributed by atoms with Gasteiger partial charge in [-0.05, 0) is 24.8 Å². The van der Waals surface area contributed by atoms with Crippen LogP contribution >= 0.6 is 0 Å². The van der Waals surface area contributed by atoms with Crippen molar-refractivity contribution >= 4 is 5.91 Å². The Kier molecular flexibility index (Phi) is 4.13. The molecule has 1 heterocycles. The van der Waals surface area contributed by atoms with Crippen molar-refractivity contribution in [3.8, 4) is 5.75 Å². The van der Waals surface area contributed by atoms with Crippen LogP contribution in [-0.2, 0) is 19.4 Å². The summed E-state index contributed by atoms with van der Waals surface area (Å²) >= 11 is 0. The van der Waals surface area contributed by atoms with Gasteiger partial charge in [0.1, 0.15) is 11.5 Å². The van der Waals surface area contributed by atoms with E-state index in [2.05, 4.69) is 17.4 Å². The van der Waals surface area contributed by atoms with Crippen LogP contribution in [-0.4, -0.2) is 18.2 Å². The van der Waals surface area contributed by atoms with Crippen molar-refractivity contribution in [1.82, 2.24) is 10.5 Å². The fraction of sp³-hybridized carbons (Fsp3) is 0.412. The Morgan fingerprint density at radius 3 is 3.09 bits per heavy atom. The van der Waals surface area contributed by atoms with E-state index in [0.29, 0.717) is 18.2 Å². The number of benzene rings is 1. The van der Waals surface area contributed by atoms with Crippen LogP contribution in [0.5, 0.6) is 5.75 Å². The number of aromatic nitrogens is 1. The second-order valence-electron chi connectivity index (χ2n) is 5.78. The van der Waals surface area contributed by atoms with Crippen LogP contribution in [0.25, 0.3) is 0 Å². The lowest BCUT2D eigenvalue weighted by Crippen LogP contribution is -2.25. The minimum Gasteiger partial charge on any atom is -0.496 e. The van der Waals surface area contributed by atoms with Crippen molar-refractivity contribution in [2.45, 2.75) is 32.7 Å². The molecule has 5 nitrogen and oxygen atoms in total. The zero-order chi connectivity index (χ0) is 15.5. The Morgan fingerprint density at radius 2 is 2.27 bits per heavy atom. The Bertz CT molecular complexity index is 678. The number of nitrogens with one attached hydrogen (secondary N) is 1. The van der Waals surface area contributed by atoms with Gasteiger partial charge in [0, 0.05) is 24.1 Å². The monoisotopic (exact) mass is 300 g/mol. The summed E-state index contributed by atoms with van der Waals surface area (Å²) in [6, 6.07) is 7.63. The van der Waals surface area contributed by atoms with Gasteiger partial charge in [0.2, 0.25) is 0 Å². The number of carbonyl (C=O) groups is 1. The van der Waals surface area contributed by atoms with E-state index in [0.717, 1.165) is 41.9 Å². The van der Waals surface area contributed by atoms with Gasteiger partial charge in [-0.15, -0.1) is 0 Å². The second kappa shape index (κ2) is 6.22. The van der Waals surface area contributed by atoms with Gasteiger partial charge in [0.25, 0.3) is 5.91 Å². The third-order valence-electron chi connectivity index (χ3n) is 4.13. The number of rotatable bonds is 4. The van der Waals surface area contributed by atoms with Gasteiger partial charge < -0.3 is 14.6 Å². The fourth-order valence-electron chi connectivity index (χ4n) is 2.86. The standard InChI is InChI=1S/C17H20N2O3/c1-11-7-8-15-13(9-11)16(19-22-15)17(20)18-10-12-5-3-4-6-14(12)21-2/h3-6,11H,7-10H2,1-2H3,(H,18,20)/t11-/m0/s1. The summed E-state index contributed by atoms with van der Waals surface area (Å²) < 4.78 is 10.6. The molecule has 2 aromatic rings. The van der Waals surface area contributed by atoms with Gasteiger partial charge in [-0.3, -0.25) is 4.79 Å². The zero-order valence-corrected chi connectivity index (χ0v) is 12.9. The molecule has 22 heavy (non-hydrogen) atoms. The average molecular weight is 300 g/mol. The van der Waals surface area contributed by atoms with Crippen molar-refractivity contribution in [2.24, 2.45) is 5.92 Å². The Morgan fingerprint density at radius 1 is 1.45 bits per heavy atom. The molecule has 0 bridgehead atoms. The number of nitrogens with zero attached hydrogens (tertiary/aromatic N) is 1. The third-order valence-corrected chi connectivity index (χ3v) is 4.13. The van der Waals surface area contributed by atoms with E-state index in [1.165, 1.54) is 0 Å². The van der Waals surface area contributed by atoms with Crippen molar-refractivity contribution in [2.75, 3.05) is 7.11 Å². The molecule has 0 fully saturated rings. The molecule has 0 spiro atoms. The second-order valence-corrected chi connectivity index (χ2v) is 5.78. The first kappa shape index (κ1) is 14.6. The SMILES string of the molecule is COc1ccccc1CNC(=O)c1noc2c1C[C@@H](C)CC2. The molecule has 1 aromatic carbocycles. The van der Waals surface area contributed by atoms with E-state index in [1.54, 1.807) is 7.11 Å². The highest BCUT2D eigenvalue weighted by Crippen LogP contribution is 2.27. The first-order valence-corrected chi connectivity index (χ1v) is 7.56. The minimum atomic E-state index is -0.190. The van der Waals surface area contributed by atoms with Crippen LogP contribution in [0.4, 0.5) is 0 Å². The van der Waals surface area contributed by atoms with E-state index in [1.807, 2.05) is 24.3 Å². The summed E-state index contributed by atoms with van der Waals surface area (Å²) in [5, 5.41) is 6.87. The maximum atomic E-state index is 12.4. The molecule has 1 atom stereocenters. The lowest BCUT2D eigenvalue weighted by Gasteiger charge is -2.16. The summed E-state index contributed by atoms with van der Waals surface area (Å²) in [5.41, 5.74) is 2.33. The molecule has 0 saturated heterocycles. The van der Waals surface area contributed by atoms with E-state index in [9.17, 15) is 4.79 Å². The normalized spacial score (nSPS) is 16.9. The molecule has 1 N–H and O–H groups in total. The molecule has 1 amide bonds. The van der Waals surface area contributed by atoms with Crippen LogP contribution in [0.3, 0.4) is 0 Å². The van der Waals surface area contributed by atoms with Gasteiger partial charge in [-0.25, -0.2) is 0 Å². The van der Waals surface area contributed by atoms with Crippen LogP contribution in [0.15, 0.2) is 28.8 Å². The summed E-state index contributed by atoms with van der Waals surface area (Å²) in [6.45, 7) is 2.59. The molecule has 0 radical (unpaired) electrons. The van der Waals surface area contributed by atoms with Crippen molar-refractivity contribution in [3.05, 3.63) is 46.8 Å². The third kappa shape index (κ3) is 2.84. The highest BCUT2D eigenvalue weighted by molar-refractivity contribution is 5.93. The summed E-state index contributed by atoms with van der Waals surface area (Å²) in [6.07, 6.45) is 2.81. The van der Waals surface area contributed by atoms with Crippen molar-refractivity contribution in [3.63, 3.8) is 0 Å². The molecule has 1 aliphatic rings. The fourth-order valence-corrected chi connectivity index (χ4v) is 2.86. The molecule has 5 heteroatoms. The number of carbonyl (C=O) groups excluding carboxylic acids is 1. The quantitative estimate of drug-likeness (QED) is 0.943. The summed E-state index contributed by atoms with van der Waals surface area (Å²) in [5.74, 6) is 2.00. The first-order valence-electron chi connectivity index (χ1n) is 7.56. The van der Waals surface area contributed by atoms with Gasteiger partial charge in [0.15, 0.2) is 5.69 Å². The molecular weight excluding hydrogens is 280 g/mol. The van der Waals surface area contributed by atoms with Gasteiger partial charge in [0.05, 0.1) is 7.11 Å².